The first-order valence-corrected chi connectivity index (χ1v) is 9.99. The van der Waals surface area contributed by atoms with Crippen LogP contribution in [0.3, 0.4) is 0 Å². The van der Waals surface area contributed by atoms with E-state index in [1.807, 2.05) is 20.8 Å². The number of hydrogen-bond acceptors (Lipinski definition) is 5. The molecule has 1 aromatic heterocycles. The predicted octanol–water partition coefficient (Wildman–Crippen LogP) is 2.27. The highest BCUT2D eigenvalue weighted by Gasteiger charge is 2.63. The molecule has 2 aromatic rings. The summed E-state index contributed by atoms with van der Waals surface area (Å²) in [4.78, 5) is 48.4. The van der Waals surface area contributed by atoms with Gasteiger partial charge in [-0.2, -0.15) is 5.26 Å². The van der Waals surface area contributed by atoms with E-state index in [1.165, 1.54) is 11.1 Å². The van der Waals surface area contributed by atoms with Crippen molar-refractivity contribution in [2.75, 3.05) is 11.4 Å². The first kappa shape index (κ1) is 18.6. The van der Waals surface area contributed by atoms with Crippen molar-refractivity contribution in [1.82, 2.24) is 14.8 Å². The summed E-state index contributed by atoms with van der Waals surface area (Å²) in [6.45, 7) is 6.04. The number of benzene rings is 1. The molecule has 4 heterocycles. The van der Waals surface area contributed by atoms with Crippen molar-refractivity contribution < 1.29 is 14.4 Å². The van der Waals surface area contributed by atoms with E-state index in [0.29, 0.717) is 29.4 Å². The minimum absolute atomic E-state index is 0.00108. The Kier molecular flexibility index (Phi) is 3.72. The third kappa shape index (κ3) is 2.32. The molecule has 3 saturated heterocycles. The van der Waals surface area contributed by atoms with Gasteiger partial charge >= 0.3 is 6.03 Å². The number of rotatable bonds is 1. The summed E-state index contributed by atoms with van der Waals surface area (Å²) in [5.74, 6) is -0.339. The number of pyridine rings is 1. The molecule has 152 valence electrons. The Hall–Kier alpha value is -3.47. The van der Waals surface area contributed by atoms with Crippen LogP contribution in [-0.2, 0) is 9.59 Å². The second kappa shape index (κ2) is 6.02. The number of nitrogens with zero attached hydrogens (tertiary/aromatic N) is 5. The summed E-state index contributed by atoms with van der Waals surface area (Å²) in [7, 11) is 0. The van der Waals surface area contributed by atoms with Crippen LogP contribution >= 0.6 is 0 Å². The van der Waals surface area contributed by atoms with Crippen molar-refractivity contribution in [3.63, 3.8) is 0 Å². The highest BCUT2D eigenvalue weighted by molar-refractivity contribution is 6.25. The van der Waals surface area contributed by atoms with Gasteiger partial charge < -0.3 is 9.80 Å². The molecular formula is C22H21N5O3. The van der Waals surface area contributed by atoms with Crippen molar-refractivity contribution in [2.24, 2.45) is 5.41 Å². The normalized spacial score (nSPS) is 25.3. The van der Waals surface area contributed by atoms with Crippen LogP contribution in [0.2, 0.25) is 0 Å². The molecule has 8 nitrogen and oxygen atoms in total. The molecule has 5 rings (SSSR count). The van der Waals surface area contributed by atoms with Gasteiger partial charge in [0.2, 0.25) is 5.91 Å². The number of likely N-dealkylation sites (tertiary alicyclic amines) is 1. The average molecular weight is 403 g/mol. The van der Waals surface area contributed by atoms with Crippen LogP contribution in [0.4, 0.5) is 10.5 Å². The van der Waals surface area contributed by atoms with Gasteiger partial charge in [-0.15, -0.1) is 0 Å². The summed E-state index contributed by atoms with van der Waals surface area (Å²) < 4.78 is 0. The van der Waals surface area contributed by atoms with Gasteiger partial charge in [0.25, 0.3) is 5.91 Å². The lowest BCUT2D eigenvalue weighted by molar-refractivity contribution is -0.143. The lowest BCUT2D eigenvalue weighted by Gasteiger charge is -2.37. The summed E-state index contributed by atoms with van der Waals surface area (Å²) >= 11 is 0. The third-order valence-corrected chi connectivity index (χ3v) is 6.29. The summed E-state index contributed by atoms with van der Waals surface area (Å²) in [5, 5.41) is 10.6. The maximum absolute atomic E-state index is 13.4. The number of aromatic nitrogens is 1. The lowest BCUT2D eigenvalue weighted by Crippen LogP contribution is -2.56. The van der Waals surface area contributed by atoms with E-state index in [4.69, 9.17) is 0 Å². The standard InChI is InChI=1S/C22H21N5O3/c1-22(2,3)20(29)25-11-12-8-16(25)18-19(28)27(21(30)26(12)18)17-10-24-15(9-23)13-6-4-5-7-14(13)17/h4-7,10,12,16,18H,8,11H2,1-3H3/t12-,16?,18?/m1/s1. The maximum Gasteiger partial charge on any atom is 0.332 e. The van der Waals surface area contributed by atoms with Crippen molar-refractivity contribution in [3.8, 4) is 6.07 Å². The molecule has 3 aliphatic rings. The molecule has 3 atom stereocenters. The number of nitriles is 1. The zero-order valence-corrected chi connectivity index (χ0v) is 17.0. The minimum atomic E-state index is -0.669. The van der Waals surface area contributed by atoms with Crippen LogP contribution in [0, 0.1) is 16.7 Å². The number of amides is 4. The molecule has 0 saturated carbocycles. The van der Waals surface area contributed by atoms with E-state index in [0.717, 1.165) is 0 Å². The molecule has 8 heteroatoms. The predicted molar refractivity (Wildman–Crippen MR) is 108 cm³/mol. The summed E-state index contributed by atoms with van der Waals surface area (Å²) in [6.07, 6.45) is 2.04. The molecule has 0 radical (unpaired) electrons. The Morgan fingerprint density at radius 2 is 1.90 bits per heavy atom. The fraction of sp³-hybridized carbons (Fsp3) is 0.409. The van der Waals surface area contributed by atoms with E-state index in [9.17, 15) is 19.6 Å². The fourth-order valence-electron chi connectivity index (χ4n) is 4.99. The number of imide groups is 1. The van der Waals surface area contributed by atoms with Crippen molar-refractivity contribution in [2.45, 2.75) is 45.3 Å². The molecular weight excluding hydrogens is 382 g/mol. The molecule has 30 heavy (non-hydrogen) atoms. The first-order chi connectivity index (χ1) is 14.2. The summed E-state index contributed by atoms with van der Waals surface area (Å²) in [6, 6.07) is 7.66. The topological polar surface area (TPSA) is 97.6 Å². The number of urea groups is 1. The zero-order valence-electron chi connectivity index (χ0n) is 17.0. The Morgan fingerprint density at radius 3 is 2.57 bits per heavy atom. The largest absolute Gasteiger partial charge is 0.334 e. The van der Waals surface area contributed by atoms with Gasteiger partial charge in [-0.1, -0.05) is 45.0 Å². The third-order valence-electron chi connectivity index (χ3n) is 6.29. The van der Waals surface area contributed by atoms with Crippen LogP contribution in [-0.4, -0.2) is 57.3 Å². The number of piperazine rings is 1. The van der Waals surface area contributed by atoms with E-state index in [1.54, 1.807) is 34.1 Å². The number of hydrogen-bond donors (Lipinski definition) is 0. The fourth-order valence-corrected chi connectivity index (χ4v) is 4.99. The van der Waals surface area contributed by atoms with Crippen LogP contribution in [0.5, 0.6) is 0 Å². The highest BCUT2D eigenvalue weighted by Crippen LogP contribution is 2.44. The number of carbonyl (C=O) groups excluding carboxylic acids is 3. The van der Waals surface area contributed by atoms with Crippen molar-refractivity contribution >= 4 is 34.3 Å². The van der Waals surface area contributed by atoms with Gasteiger partial charge in [-0.3, -0.25) is 9.59 Å². The smallest absolute Gasteiger partial charge is 0.332 e. The first-order valence-electron chi connectivity index (χ1n) is 9.99. The van der Waals surface area contributed by atoms with Gasteiger partial charge in [-0.05, 0) is 6.42 Å². The number of fused-ring (bicyclic) bond motifs is 6. The second-order valence-corrected chi connectivity index (χ2v) is 9.12. The molecule has 2 unspecified atom stereocenters. The molecule has 3 aliphatic heterocycles. The van der Waals surface area contributed by atoms with Gasteiger partial charge in [0.1, 0.15) is 17.8 Å². The van der Waals surface area contributed by atoms with Crippen molar-refractivity contribution in [1.29, 1.82) is 5.26 Å². The van der Waals surface area contributed by atoms with Crippen LogP contribution in [0.15, 0.2) is 30.5 Å². The van der Waals surface area contributed by atoms with E-state index in [-0.39, 0.29) is 35.6 Å². The SMILES string of the molecule is CC(C)(C)C(=O)N1C[C@H]2CC1C1C(=O)N(c3cnc(C#N)c4ccccc34)C(=O)N12. The quantitative estimate of drug-likeness (QED) is 0.681. The van der Waals surface area contributed by atoms with Gasteiger partial charge in [0, 0.05) is 22.7 Å². The van der Waals surface area contributed by atoms with Crippen LogP contribution in [0.1, 0.15) is 32.9 Å². The minimum Gasteiger partial charge on any atom is -0.334 e. The van der Waals surface area contributed by atoms with Gasteiger partial charge in [0.05, 0.1) is 24.0 Å². The summed E-state index contributed by atoms with van der Waals surface area (Å²) in [5.41, 5.74) is 0.0755. The van der Waals surface area contributed by atoms with Gasteiger partial charge in [-0.25, -0.2) is 14.7 Å². The van der Waals surface area contributed by atoms with Crippen molar-refractivity contribution in [3.05, 3.63) is 36.2 Å². The lowest BCUT2D eigenvalue weighted by atomic mass is 9.93. The van der Waals surface area contributed by atoms with Crippen LogP contribution in [0.25, 0.3) is 10.8 Å². The van der Waals surface area contributed by atoms with E-state index < -0.39 is 11.5 Å². The number of anilines is 1. The Morgan fingerprint density at radius 1 is 1.20 bits per heavy atom. The molecule has 0 aliphatic carbocycles. The highest BCUT2D eigenvalue weighted by atomic mass is 16.2. The molecule has 3 fully saturated rings. The molecule has 0 N–H and O–H groups in total. The molecule has 4 amide bonds. The second-order valence-electron chi connectivity index (χ2n) is 9.12. The molecule has 0 spiro atoms. The van der Waals surface area contributed by atoms with E-state index >= 15 is 0 Å². The maximum atomic E-state index is 13.4. The Labute approximate surface area is 173 Å². The Bertz CT molecular complexity index is 1160. The molecule has 2 bridgehead atoms. The van der Waals surface area contributed by atoms with Gasteiger partial charge in [0.15, 0.2) is 0 Å². The molecule has 1 aromatic carbocycles. The van der Waals surface area contributed by atoms with Crippen LogP contribution < -0.4 is 4.90 Å². The zero-order chi connectivity index (χ0) is 21.4. The number of carbonyl (C=O) groups is 3. The van der Waals surface area contributed by atoms with E-state index in [2.05, 4.69) is 11.1 Å². The monoisotopic (exact) mass is 403 g/mol. The Balaban J connectivity index is 1.56. The average Bonchev–Trinajstić information content (AvgIpc) is 3.37.